The minimum absolute atomic E-state index is 0.0172. The van der Waals surface area contributed by atoms with Crippen molar-refractivity contribution in [1.82, 2.24) is 36.1 Å². The molecule has 5 bridgehead atoms. The minimum Gasteiger partial charge on any atom is -0.507 e. The van der Waals surface area contributed by atoms with Gasteiger partial charge in [-0.3, -0.25) is 62.3 Å². The SMILES string of the molecule is CCC(=O)OCOC(=O)NCCN(CC(=O)O[C@@H]1[C@@H](C)[C@@H](O)[C@@H](C)[C@H](OC(C)=O)[C@H](C)[C@@H](C)/C=C/O[C@@]2(C)Oc3c(C)c(O)c4c(c3C2=O)C2=NC3(CCN(CC(C)C)CC3)NC2=C(NC(=O)/C(C)=C\C=C\[C@@H]1C)C4=O)C(=O)C(CCC(=O)OC(Cc1ccccn1)(P(=O)(O)O)P(=O)(O)O)NC(=O)OCOC(=O)CC. The number of phenols is 1. The molecule has 0 radical (unpaired) electrons. The van der Waals surface area contributed by atoms with Crippen LogP contribution in [0.1, 0.15) is 159 Å². The fraction of sp³-hybridized carbons (Fsp3) is 0.569. The zero-order chi connectivity index (χ0) is 81.7. The van der Waals surface area contributed by atoms with Crippen LogP contribution in [0.5, 0.6) is 11.5 Å². The Bertz CT molecular complexity index is 4080. The number of aromatic hydroxyl groups is 1. The van der Waals surface area contributed by atoms with Crippen LogP contribution >= 0.6 is 15.2 Å². The lowest BCUT2D eigenvalue weighted by molar-refractivity contribution is -0.166. The number of hydrogen-bond acceptors (Lipinski definition) is 28. The van der Waals surface area contributed by atoms with Crippen molar-refractivity contribution in [2.24, 2.45) is 40.5 Å². The van der Waals surface area contributed by atoms with E-state index in [-0.39, 0.29) is 69.2 Å². The summed E-state index contributed by atoms with van der Waals surface area (Å²) in [7, 11) is -12.4. The zero-order valence-corrected chi connectivity index (χ0v) is 65.2. The van der Waals surface area contributed by atoms with Crippen molar-refractivity contribution in [3.63, 3.8) is 0 Å². The number of nitrogens with one attached hydrogen (secondary N) is 4. The highest BCUT2D eigenvalue weighted by Crippen LogP contribution is 2.71. The number of esters is 5. The van der Waals surface area contributed by atoms with Gasteiger partial charge in [-0.25, -0.2) is 9.59 Å². The lowest BCUT2D eigenvalue weighted by Crippen LogP contribution is -2.53. The molecule has 1 aromatic carbocycles. The number of amides is 4. The second kappa shape index (κ2) is 37.1. The fourth-order valence-electron chi connectivity index (χ4n) is 13.2. The molecule has 1 spiro atoms. The summed E-state index contributed by atoms with van der Waals surface area (Å²) in [5, 5.41) is 31.4. The van der Waals surface area contributed by atoms with E-state index >= 15 is 14.4 Å². The van der Waals surface area contributed by atoms with Crippen LogP contribution in [0, 0.1) is 42.4 Å². The van der Waals surface area contributed by atoms with Crippen LogP contribution in [0.3, 0.4) is 0 Å². The molecule has 1 unspecified atom stereocenters. The molecule has 0 saturated carbocycles. The molecular weight excluding hydrogens is 1490 g/mol. The Hall–Kier alpha value is -9.41. The molecule has 1 aromatic heterocycles. The van der Waals surface area contributed by atoms with Gasteiger partial charge in [-0.2, -0.15) is 0 Å². The van der Waals surface area contributed by atoms with Crippen LogP contribution in [0.4, 0.5) is 9.59 Å². The van der Waals surface area contributed by atoms with Crippen LogP contribution in [-0.2, 0) is 87.0 Å². The summed E-state index contributed by atoms with van der Waals surface area (Å²) in [6, 6.07) is 1.67. The standard InChI is InChI=1S/C72H98N8O28P2/c1-14-49(82)100-36-102-68(92)74-28-31-80(67(91)48(75-69(93)103-37-101-50(83)15-2)22-23-51(84)107-72(109(94,95)96,110(97,98)99)33-47-21-16-17-27-73-47)35-52(85)106-62-40(6)19-18-20-41(7)66(90)76-58-57-56(77-71(78-57)25-29-79(30-26-71)34-38(3)4)53-54(61(58)88)60(87)45(11)64-55(53)65(89)70(13,108-64)104-32-24-39(5)42(8)63(105-46(12)81)44(10)59(86)43(62)9/h16-21,24,27,32,38-40,42-44,48,59,62-63,78,86-87H,14-15,22-23,25-26,28-31,33-37H2,1-13H3,(H,74,92)(H,75,93)(H,76,90)(H2,94,95,96)(H2,97,98,99)/b19-18+,32-24+,41-20-/t39-,40-,42+,43-,44+,48?,59+,62-,63+,70-/m0/s1. The van der Waals surface area contributed by atoms with Crippen molar-refractivity contribution in [3.8, 4) is 11.5 Å². The first kappa shape index (κ1) is 87.8. The third-order valence-electron chi connectivity index (χ3n) is 19.6. The smallest absolute Gasteiger partial charge is 0.410 e. The Balaban J connectivity index is 1.29. The monoisotopic (exact) mass is 1580 g/mol. The highest BCUT2D eigenvalue weighted by atomic mass is 31.2. The van der Waals surface area contributed by atoms with E-state index in [1.807, 2.05) is 0 Å². The number of ether oxygens (including phenoxy) is 9. The van der Waals surface area contributed by atoms with Gasteiger partial charge < -0.3 is 103 Å². The Morgan fingerprint density at radius 1 is 0.800 bits per heavy atom. The molecule has 8 rings (SSSR count). The van der Waals surface area contributed by atoms with E-state index in [1.54, 1.807) is 33.8 Å². The number of likely N-dealkylation sites (tertiary alicyclic amines) is 1. The Morgan fingerprint density at radius 2 is 1.43 bits per heavy atom. The lowest BCUT2D eigenvalue weighted by Gasteiger charge is -2.39. The number of benzene rings is 1. The number of nitrogens with zero attached hydrogens (tertiary/aromatic N) is 4. The number of allylic oxidation sites excluding steroid dienone is 5. The molecule has 10 atom stereocenters. The van der Waals surface area contributed by atoms with Gasteiger partial charge in [0.1, 0.15) is 47.7 Å². The van der Waals surface area contributed by atoms with Gasteiger partial charge in [-0.05, 0) is 56.2 Å². The van der Waals surface area contributed by atoms with Crippen molar-refractivity contribution < 1.29 is 134 Å². The predicted molar refractivity (Wildman–Crippen MR) is 386 cm³/mol. The summed E-state index contributed by atoms with van der Waals surface area (Å²) in [4.78, 5) is 206. The average molecular weight is 1590 g/mol. The van der Waals surface area contributed by atoms with E-state index in [0.29, 0.717) is 36.7 Å². The van der Waals surface area contributed by atoms with Crippen molar-refractivity contribution in [3.05, 3.63) is 99.9 Å². The van der Waals surface area contributed by atoms with E-state index in [4.69, 9.17) is 47.6 Å². The van der Waals surface area contributed by atoms with Crippen molar-refractivity contribution in [1.29, 1.82) is 0 Å². The first-order chi connectivity index (χ1) is 51.5. The molecule has 10 N–H and O–H groups in total. The molecule has 604 valence electrons. The molecule has 5 aliphatic heterocycles. The molecule has 1 fully saturated rings. The molecular formula is C72H98N8O28P2. The third kappa shape index (κ3) is 21.0. The minimum atomic E-state index is -6.21. The van der Waals surface area contributed by atoms with Crippen LogP contribution in [-0.4, -0.2) is 209 Å². The van der Waals surface area contributed by atoms with E-state index in [1.165, 1.54) is 78.2 Å². The number of fused-ring (bicyclic) bond motifs is 13. The highest BCUT2D eigenvalue weighted by molar-refractivity contribution is 7.72. The molecule has 1 aliphatic carbocycles. The number of aliphatic hydroxyl groups is 1. The first-order valence-corrected chi connectivity index (χ1v) is 39.0. The van der Waals surface area contributed by atoms with Crippen molar-refractivity contribution in [2.45, 2.75) is 176 Å². The number of Topliss-reactive ketones (excluding diaryl/α,β-unsaturated/α-hetero) is 2. The fourth-order valence-corrected chi connectivity index (χ4v) is 15.8. The van der Waals surface area contributed by atoms with Crippen molar-refractivity contribution >= 4 is 86.3 Å². The summed E-state index contributed by atoms with van der Waals surface area (Å²) < 4.78 is 75.4. The molecule has 6 heterocycles. The maximum Gasteiger partial charge on any atom is 0.410 e. The van der Waals surface area contributed by atoms with Gasteiger partial charge in [0, 0.05) is 125 Å². The van der Waals surface area contributed by atoms with E-state index in [2.05, 4.69) is 45.0 Å². The number of carbonyl (C=O) groups excluding carboxylic acids is 11. The highest BCUT2D eigenvalue weighted by Gasteiger charge is 2.64. The Kier molecular flexibility index (Phi) is 29.6. The number of aliphatic hydroxyl groups excluding tert-OH is 1. The predicted octanol–water partition coefficient (Wildman–Crippen LogP) is 5.23. The quantitative estimate of drug-likeness (QED) is 0.0263. The van der Waals surface area contributed by atoms with Gasteiger partial charge in [0.05, 0.1) is 41.3 Å². The zero-order valence-electron chi connectivity index (χ0n) is 63.4. The largest absolute Gasteiger partial charge is 0.507 e. The molecule has 6 aliphatic rings. The lowest BCUT2D eigenvalue weighted by atomic mass is 9.77. The molecule has 2 aromatic rings. The van der Waals surface area contributed by atoms with Gasteiger partial charge in [-0.15, -0.1) is 0 Å². The number of phenolic OH excluding ortho intramolecular Hbond substituents is 1. The Morgan fingerprint density at radius 3 is 2.02 bits per heavy atom. The number of aromatic nitrogens is 1. The van der Waals surface area contributed by atoms with Gasteiger partial charge >= 0.3 is 68.1 Å². The van der Waals surface area contributed by atoms with E-state index in [9.17, 15) is 77.3 Å². The first-order valence-electron chi connectivity index (χ1n) is 35.8. The van der Waals surface area contributed by atoms with E-state index in [0.717, 1.165) is 25.7 Å². The van der Waals surface area contributed by atoms with Gasteiger partial charge in [0.25, 0.3) is 11.7 Å². The van der Waals surface area contributed by atoms with Crippen LogP contribution in [0.2, 0.25) is 0 Å². The number of rotatable bonds is 25. The number of pyridine rings is 1. The van der Waals surface area contributed by atoms with Gasteiger partial charge in [-0.1, -0.05) is 86.6 Å². The number of aliphatic imine (C=N–C) groups is 1. The molecule has 1 saturated heterocycles. The number of alkyl carbamates (subject to hydrolysis) is 2. The van der Waals surface area contributed by atoms with Gasteiger partial charge in [0.2, 0.25) is 25.3 Å². The number of carbonyl (C=O) groups is 11. The molecule has 38 heteroatoms. The second-order valence-electron chi connectivity index (χ2n) is 28.2. The maximum absolute atomic E-state index is 15.2. The summed E-state index contributed by atoms with van der Waals surface area (Å²) in [6.45, 7) is 18.1. The Labute approximate surface area is 634 Å². The second-order valence-corrected chi connectivity index (χ2v) is 32.2. The molecule has 110 heavy (non-hydrogen) atoms. The van der Waals surface area contributed by atoms with Crippen LogP contribution < -0.4 is 26.0 Å². The molecule has 4 amide bonds. The normalized spacial score (nSPS) is 24.3. The molecule has 36 nitrogen and oxygen atoms in total. The average Bonchev–Trinajstić information content (AvgIpc) is 1.51. The van der Waals surface area contributed by atoms with Gasteiger partial charge in [0.15, 0.2) is 0 Å². The number of piperidine rings is 1. The number of ketones is 2. The summed E-state index contributed by atoms with van der Waals surface area (Å²) in [5.41, 5.74) is -1.93. The maximum atomic E-state index is 15.2. The summed E-state index contributed by atoms with van der Waals surface area (Å²) >= 11 is 0. The van der Waals surface area contributed by atoms with E-state index < -0.39 is 209 Å². The van der Waals surface area contributed by atoms with Crippen molar-refractivity contribution in [2.75, 3.05) is 52.9 Å². The van der Waals surface area contributed by atoms with Crippen LogP contribution in [0.25, 0.3) is 0 Å². The third-order valence-corrected chi connectivity index (χ3v) is 23.5. The summed E-state index contributed by atoms with van der Waals surface area (Å²) in [6.07, 6.45) is -1.77. The van der Waals surface area contributed by atoms with Crippen LogP contribution in [0.15, 0.2) is 76.9 Å². The topological polar surface area (TPSA) is 506 Å². The number of hydrogen-bond donors (Lipinski definition) is 10. The summed E-state index contributed by atoms with van der Waals surface area (Å²) in [5.74, 6) is -16.1.